The molecule has 2 aromatic carbocycles. The minimum atomic E-state index is 0.310. The molecule has 0 saturated heterocycles. The molecular weight excluding hydrogens is 420 g/mol. The van der Waals surface area contributed by atoms with Crippen molar-refractivity contribution in [3.05, 3.63) is 96.3 Å². The molecule has 0 spiro atoms. The third-order valence-electron chi connectivity index (χ3n) is 5.81. The number of hydrogen-bond acceptors (Lipinski definition) is 4. The number of nitrogens with zero attached hydrogens (tertiary/aromatic N) is 6. The molecule has 0 aliphatic heterocycles. The normalized spacial score (nSPS) is 11.3. The fraction of sp³-hybridized carbons (Fsp3) is 0.143. The van der Waals surface area contributed by atoms with Crippen molar-refractivity contribution in [1.29, 1.82) is 0 Å². The Morgan fingerprint density at radius 1 is 0.676 bits per heavy atom. The van der Waals surface area contributed by atoms with Crippen molar-refractivity contribution in [2.24, 2.45) is 14.1 Å². The molecule has 6 aromatic rings. The van der Waals surface area contributed by atoms with Crippen molar-refractivity contribution in [3.8, 4) is 22.8 Å². The van der Waals surface area contributed by atoms with Gasteiger partial charge in [0.2, 0.25) is 0 Å². The Labute approximate surface area is 200 Å². The van der Waals surface area contributed by atoms with Crippen LogP contribution in [0.15, 0.2) is 85.2 Å². The molecule has 4 aromatic heterocycles. The highest BCUT2D eigenvalue weighted by Gasteiger charge is 2.10. The van der Waals surface area contributed by atoms with Gasteiger partial charge in [-0.2, -0.15) is 0 Å². The molecule has 0 bridgehead atoms. The monoisotopic (exact) mass is 447 g/mol. The van der Waals surface area contributed by atoms with E-state index in [-0.39, 0.29) is 0 Å². The van der Waals surface area contributed by atoms with E-state index in [4.69, 9.17) is 1.37 Å². The molecule has 6 heteroatoms. The molecule has 0 fully saturated rings. The van der Waals surface area contributed by atoms with Gasteiger partial charge in [-0.1, -0.05) is 59.7 Å². The van der Waals surface area contributed by atoms with Gasteiger partial charge in [0.15, 0.2) is 11.3 Å². The van der Waals surface area contributed by atoms with Crippen LogP contribution in [0.3, 0.4) is 0 Å². The Balaban J connectivity index is 0.000000145. The summed E-state index contributed by atoms with van der Waals surface area (Å²) < 4.78 is 11.4. The molecule has 0 aliphatic carbocycles. The minimum absolute atomic E-state index is 0.310. The minimum Gasteiger partial charge on any atom is -0.326 e. The van der Waals surface area contributed by atoms with Gasteiger partial charge >= 0.3 is 0 Å². The van der Waals surface area contributed by atoms with Gasteiger partial charge in [-0.25, -0.2) is 19.9 Å². The van der Waals surface area contributed by atoms with Crippen LogP contribution >= 0.6 is 0 Å². The van der Waals surface area contributed by atoms with Crippen LogP contribution in [0.2, 0.25) is 0 Å². The van der Waals surface area contributed by atoms with Crippen LogP contribution in [0.5, 0.6) is 0 Å². The summed E-state index contributed by atoms with van der Waals surface area (Å²) in [5, 5.41) is 0. The van der Waals surface area contributed by atoms with Crippen LogP contribution in [0.1, 0.15) is 12.5 Å². The second-order valence-electron chi connectivity index (χ2n) is 8.24. The first-order chi connectivity index (χ1) is 17.0. The molecule has 0 N–H and O–H groups in total. The molecule has 0 unspecified atom stereocenters. The second kappa shape index (κ2) is 8.90. The van der Waals surface area contributed by atoms with Gasteiger partial charge in [0.05, 0.1) is 5.52 Å². The fourth-order valence-electron chi connectivity index (χ4n) is 3.92. The predicted octanol–water partition coefficient (Wildman–Crippen LogP) is 5.89. The molecule has 6 rings (SSSR count). The molecule has 168 valence electrons. The van der Waals surface area contributed by atoms with Crippen LogP contribution in [-0.2, 0) is 14.1 Å². The SMILES string of the molecule is Cc1ccc(-c2nc3ncccc3n2C)cc1.[2H]Cc1ccc(-c2nc3cccnc3n2C)cc1. The quantitative estimate of drug-likeness (QED) is 0.332. The van der Waals surface area contributed by atoms with Crippen molar-refractivity contribution in [1.82, 2.24) is 29.1 Å². The largest absolute Gasteiger partial charge is 0.326 e. The maximum atomic E-state index is 7.32. The van der Waals surface area contributed by atoms with Gasteiger partial charge in [-0.3, -0.25) is 0 Å². The van der Waals surface area contributed by atoms with E-state index >= 15 is 0 Å². The zero-order chi connectivity index (χ0) is 24.4. The summed E-state index contributed by atoms with van der Waals surface area (Å²) in [7, 11) is 3.99. The second-order valence-corrected chi connectivity index (χ2v) is 8.24. The van der Waals surface area contributed by atoms with E-state index in [0.717, 1.165) is 50.7 Å². The number of hydrogen-bond donors (Lipinski definition) is 0. The highest BCUT2D eigenvalue weighted by molar-refractivity contribution is 5.77. The van der Waals surface area contributed by atoms with E-state index in [1.807, 2.05) is 67.2 Å². The first kappa shape index (κ1) is 20.3. The van der Waals surface area contributed by atoms with Gasteiger partial charge in [0, 0.05) is 39.0 Å². The Kier molecular flexibility index (Phi) is 5.32. The van der Waals surface area contributed by atoms with E-state index < -0.39 is 0 Å². The molecule has 4 heterocycles. The molecule has 0 aliphatic rings. The summed E-state index contributed by atoms with van der Waals surface area (Å²) in [5.41, 5.74) is 8.08. The van der Waals surface area contributed by atoms with E-state index in [1.54, 1.807) is 12.4 Å². The van der Waals surface area contributed by atoms with Crippen molar-refractivity contribution >= 4 is 22.3 Å². The average Bonchev–Trinajstić information content (AvgIpc) is 3.42. The van der Waals surface area contributed by atoms with Crippen molar-refractivity contribution in [3.63, 3.8) is 0 Å². The average molecular weight is 448 g/mol. The highest BCUT2D eigenvalue weighted by atomic mass is 15.1. The van der Waals surface area contributed by atoms with Crippen LogP contribution in [0, 0.1) is 13.8 Å². The number of rotatable bonds is 2. The molecular formula is C28H26N6. The molecule has 6 nitrogen and oxygen atoms in total. The van der Waals surface area contributed by atoms with Gasteiger partial charge in [-0.05, 0) is 38.1 Å². The lowest BCUT2D eigenvalue weighted by Gasteiger charge is -2.02. The number of benzene rings is 2. The van der Waals surface area contributed by atoms with E-state index in [0.29, 0.717) is 6.90 Å². The fourth-order valence-corrected chi connectivity index (χ4v) is 3.92. The summed E-state index contributed by atoms with van der Waals surface area (Å²) in [6.45, 7) is 2.39. The lowest BCUT2D eigenvalue weighted by atomic mass is 10.1. The van der Waals surface area contributed by atoms with Gasteiger partial charge in [-0.15, -0.1) is 0 Å². The van der Waals surface area contributed by atoms with Gasteiger partial charge < -0.3 is 9.13 Å². The Morgan fingerprint density at radius 2 is 1.29 bits per heavy atom. The van der Waals surface area contributed by atoms with Crippen LogP contribution in [-0.4, -0.2) is 29.1 Å². The maximum absolute atomic E-state index is 7.32. The summed E-state index contributed by atoms with van der Waals surface area (Å²) in [4.78, 5) is 17.8. The Bertz CT molecular complexity index is 1600. The van der Waals surface area contributed by atoms with E-state index in [9.17, 15) is 0 Å². The van der Waals surface area contributed by atoms with Crippen LogP contribution < -0.4 is 0 Å². The summed E-state index contributed by atoms with van der Waals surface area (Å²) in [6, 6.07) is 24.2. The molecule has 0 atom stereocenters. The summed E-state index contributed by atoms with van der Waals surface area (Å²) >= 11 is 0. The van der Waals surface area contributed by atoms with Crippen molar-refractivity contribution in [2.75, 3.05) is 0 Å². The number of imidazole rings is 2. The third-order valence-corrected chi connectivity index (χ3v) is 5.81. The first-order valence-corrected chi connectivity index (χ1v) is 11.1. The third kappa shape index (κ3) is 4.06. The smallest absolute Gasteiger partial charge is 0.178 e. The lowest BCUT2D eigenvalue weighted by molar-refractivity contribution is 0.942. The van der Waals surface area contributed by atoms with E-state index in [1.165, 1.54) is 5.56 Å². The van der Waals surface area contributed by atoms with Crippen LogP contribution in [0.4, 0.5) is 0 Å². The number of pyridine rings is 2. The maximum Gasteiger partial charge on any atom is 0.178 e. The topological polar surface area (TPSA) is 61.4 Å². The molecule has 0 saturated carbocycles. The van der Waals surface area contributed by atoms with Gasteiger partial charge in [0.25, 0.3) is 0 Å². The molecule has 34 heavy (non-hydrogen) atoms. The van der Waals surface area contributed by atoms with Crippen LogP contribution in [0.25, 0.3) is 45.1 Å². The summed E-state index contributed by atoms with van der Waals surface area (Å²) in [5.74, 6) is 1.86. The lowest BCUT2D eigenvalue weighted by Crippen LogP contribution is -1.93. The highest BCUT2D eigenvalue weighted by Crippen LogP contribution is 2.23. The summed E-state index contributed by atoms with van der Waals surface area (Å²) in [6.07, 6.45) is 3.55. The van der Waals surface area contributed by atoms with Gasteiger partial charge in [0.1, 0.15) is 17.2 Å². The van der Waals surface area contributed by atoms with Crippen molar-refractivity contribution in [2.45, 2.75) is 13.8 Å². The Hall–Kier alpha value is -4.32. The predicted molar refractivity (Wildman–Crippen MR) is 137 cm³/mol. The number of fused-ring (bicyclic) bond motifs is 2. The Morgan fingerprint density at radius 3 is 1.94 bits per heavy atom. The number of aromatic nitrogens is 6. The first-order valence-electron chi connectivity index (χ1n) is 11.8. The molecule has 0 radical (unpaired) electrons. The van der Waals surface area contributed by atoms with E-state index in [2.05, 4.69) is 55.7 Å². The zero-order valence-corrected chi connectivity index (χ0v) is 19.5. The standard InChI is InChI=1S/2C14H13N3/c1-10-5-7-11(8-6-10)14-16-13-12(17(14)2)4-3-9-15-13;1-10-5-7-11(8-6-10)13-16-12-4-3-9-15-14(12)17(13)2/h2*3-9H,1-2H3/i;1D. The van der Waals surface area contributed by atoms with Crippen molar-refractivity contribution < 1.29 is 1.37 Å². The zero-order valence-electron chi connectivity index (χ0n) is 20.5. The number of aryl methyl sites for hydroxylation is 4. The molecule has 0 amide bonds.